The number of halogens is 2. The molecule has 0 aliphatic rings. The van der Waals surface area contributed by atoms with Crippen LogP contribution in [0, 0.1) is 0 Å². The largest absolute Gasteiger partial charge is 0.492 e. The smallest absolute Gasteiger partial charge is 0.169 e. The van der Waals surface area contributed by atoms with Crippen LogP contribution in [-0.4, -0.2) is 17.9 Å². The number of hydrogen-bond donors (Lipinski definition) is 0. The second-order valence-corrected chi connectivity index (χ2v) is 5.24. The van der Waals surface area contributed by atoms with Gasteiger partial charge in [0.25, 0.3) is 0 Å². The van der Waals surface area contributed by atoms with Gasteiger partial charge in [-0.15, -0.1) is 11.3 Å². The Labute approximate surface area is 118 Å². The van der Waals surface area contributed by atoms with E-state index in [2.05, 4.69) is 4.98 Å². The summed E-state index contributed by atoms with van der Waals surface area (Å²) in [5, 5.41) is 3.64. The van der Waals surface area contributed by atoms with Crippen molar-refractivity contribution in [2.45, 2.75) is 6.42 Å². The van der Waals surface area contributed by atoms with Crippen LogP contribution in [0.1, 0.15) is 15.5 Å². The number of thiazole rings is 1. The van der Waals surface area contributed by atoms with Gasteiger partial charge in [0.05, 0.1) is 16.6 Å². The first-order valence-corrected chi connectivity index (χ1v) is 6.80. The summed E-state index contributed by atoms with van der Waals surface area (Å²) in [6, 6.07) is 5.08. The number of rotatable bonds is 5. The summed E-state index contributed by atoms with van der Waals surface area (Å²) in [6.45, 7) is 0.452. The lowest BCUT2D eigenvalue weighted by atomic mass is 10.3. The third-order valence-electron chi connectivity index (χ3n) is 2.16. The van der Waals surface area contributed by atoms with Gasteiger partial charge in [0.2, 0.25) is 0 Å². The molecule has 0 fully saturated rings. The third kappa shape index (κ3) is 3.45. The quantitative estimate of drug-likeness (QED) is 0.787. The van der Waals surface area contributed by atoms with Crippen molar-refractivity contribution in [3.05, 3.63) is 44.3 Å². The molecule has 0 N–H and O–H groups in total. The first-order valence-electron chi connectivity index (χ1n) is 5.16. The minimum atomic E-state index is 0.452. The van der Waals surface area contributed by atoms with E-state index in [1.165, 1.54) is 11.3 Å². The van der Waals surface area contributed by atoms with Crippen LogP contribution in [0.15, 0.2) is 23.6 Å². The van der Waals surface area contributed by atoms with Crippen LogP contribution in [0.5, 0.6) is 5.75 Å². The van der Waals surface area contributed by atoms with Gasteiger partial charge in [-0.2, -0.15) is 0 Å². The molecule has 0 atom stereocenters. The van der Waals surface area contributed by atoms with Crippen molar-refractivity contribution in [2.75, 3.05) is 6.61 Å². The van der Waals surface area contributed by atoms with Gasteiger partial charge in [-0.3, -0.25) is 4.79 Å². The van der Waals surface area contributed by atoms with Crippen molar-refractivity contribution in [2.24, 2.45) is 0 Å². The highest BCUT2D eigenvalue weighted by atomic mass is 35.5. The normalized spacial score (nSPS) is 10.3. The average molecular weight is 302 g/mol. The number of ether oxygens (including phenoxy) is 1. The van der Waals surface area contributed by atoms with Crippen LogP contribution < -0.4 is 4.74 Å². The van der Waals surface area contributed by atoms with Crippen molar-refractivity contribution in [3.8, 4) is 5.75 Å². The van der Waals surface area contributed by atoms with Crippen LogP contribution in [0.3, 0.4) is 0 Å². The fourth-order valence-corrected chi connectivity index (χ4v) is 2.52. The van der Waals surface area contributed by atoms with E-state index in [0.717, 1.165) is 11.3 Å². The Bertz CT molecular complexity index is 557. The summed E-state index contributed by atoms with van der Waals surface area (Å²) >= 11 is 13.2. The summed E-state index contributed by atoms with van der Waals surface area (Å²) in [4.78, 5) is 14.6. The number of aldehydes is 1. The Morgan fingerprint density at radius 3 is 2.89 bits per heavy atom. The Hall–Kier alpha value is -1.10. The predicted octanol–water partition coefficient (Wildman–Crippen LogP) is 3.88. The standard InChI is InChI=1S/C12H9Cl2NO2S/c13-8-1-2-11(10(14)5-8)17-4-3-12-15-9(6-16)7-18-12/h1-2,5-7H,3-4H2. The average Bonchev–Trinajstić information content (AvgIpc) is 2.80. The van der Waals surface area contributed by atoms with Gasteiger partial charge in [0, 0.05) is 16.8 Å². The fourth-order valence-electron chi connectivity index (χ4n) is 1.33. The number of hydrogen-bond acceptors (Lipinski definition) is 4. The molecule has 6 heteroatoms. The second-order valence-electron chi connectivity index (χ2n) is 3.46. The molecule has 0 radical (unpaired) electrons. The van der Waals surface area contributed by atoms with Gasteiger partial charge in [0.15, 0.2) is 6.29 Å². The summed E-state index contributed by atoms with van der Waals surface area (Å²) in [7, 11) is 0. The molecule has 0 unspecified atom stereocenters. The monoisotopic (exact) mass is 301 g/mol. The number of benzene rings is 1. The molecule has 2 rings (SSSR count). The topological polar surface area (TPSA) is 39.2 Å². The van der Waals surface area contributed by atoms with Gasteiger partial charge < -0.3 is 4.74 Å². The third-order valence-corrected chi connectivity index (χ3v) is 3.61. The maximum absolute atomic E-state index is 10.5. The molecule has 0 spiro atoms. The number of carbonyl (C=O) groups excluding carboxylic acids is 1. The Morgan fingerprint density at radius 1 is 1.39 bits per heavy atom. The number of carbonyl (C=O) groups is 1. The fraction of sp³-hybridized carbons (Fsp3) is 0.167. The molecule has 0 aliphatic heterocycles. The van der Waals surface area contributed by atoms with E-state index < -0.39 is 0 Å². The van der Waals surface area contributed by atoms with Crippen LogP contribution in [0.2, 0.25) is 10.0 Å². The van der Waals surface area contributed by atoms with Gasteiger partial charge >= 0.3 is 0 Å². The van der Waals surface area contributed by atoms with Crippen LogP contribution >= 0.6 is 34.5 Å². The van der Waals surface area contributed by atoms with E-state index in [1.54, 1.807) is 23.6 Å². The van der Waals surface area contributed by atoms with Crippen LogP contribution in [0.4, 0.5) is 0 Å². The van der Waals surface area contributed by atoms with Crippen LogP contribution in [0.25, 0.3) is 0 Å². The summed E-state index contributed by atoms with van der Waals surface area (Å²) in [5.41, 5.74) is 0.458. The highest BCUT2D eigenvalue weighted by Gasteiger charge is 2.04. The van der Waals surface area contributed by atoms with Crippen molar-refractivity contribution >= 4 is 40.8 Å². The van der Waals surface area contributed by atoms with E-state index in [0.29, 0.717) is 34.5 Å². The zero-order valence-corrected chi connectivity index (χ0v) is 11.6. The lowest BCUT2D eigenvalue weighted by molar-refractivity contribution is 0.111. The molecule has 0 saturated heterocycles. The molecule has 0 saturated carbocycles. The molecule has 0 aliphatic carbocycles. The van der Waals surface area contributed by atoms with E-state index in [-0.39, 0.29) is 0 Å². The zero-order chi connectivity index (χ0) is 13.0. The maximum Gasteiger partial charge on any atom is 0.169 e. The lowest BCUT2D eigenvalue weighted by Gasteiger charge is -2.06. The molecule has 3 nitrogen and oxygen atoms in total. The zero-order valence-electron chi connectivity index (χ0n) is 9.23. The maximum atomic E-state index is 10.5. The molecular weight excluding hydrogens is 293 g/mol. The summed E-state index contributed by atoms with van der Waals surface area (Å²) in [5.74, 6) is 0.591. The molecule has 94 valence electrons. The molecule has 1 aromatic heterocycles. The van der Waals surface area contributed by atoms with Crippen LogP contribution in [-0.2, 0) is 6.42 Å². The number of nitrogens with zero attached hydrogens (tertiary/aromatic N) is 1. The second kappa shape index (κ2) is 6.18. The van der Waals surface area contributed by atoms with E-state index >= 15 is 0 Å². The van der Waals surface area contributed by atoms with Gasteiger partial charge in [-0.25, -0.2) is 4.98 Å². The van der Waals surface area contributed by atoms with Gasteiger partial charge in [-0.1, -0.05) is 23.2 Å². The van der Waals surface area contributed by atoms with E-state index in [4.69, 9.17) is 27.9 Å². The van der Waals surface area contributed by atoms with Crippen molar-refractivity contribution in [3.63, 3.8) is 0 Å². The minimum absolute atomic E-state index is 0.452. The summed E-state index contributed by atoms with van der Waals surface area (Å²) < 4.78 is 5.53. The molecular formula is C12H9Cl2NO2S. The molecule has 1 aromatic carbocycles. The SMILES string of the molecule is O=Cc1csc(CCOc2ccc(Cl)cc2Cl)n1. The Morgan fingerprint density at radius 2 is 2.22 bits per heavy atom. The number of aromatic nitrogens is 1. The van der Waals surface area contributed by atoms with E-state index in [1.807, 2.05) is 0 Å². The molecule has 2 aromatic rings. The van der Waals surface area contributed by atoms with Crippen molar-refractivity contribution < 1.29 is 9.53 Å². The molecule has 18 heavy (non-hydrogen) atoms. The first kappa shape index (κ1) is 13.3. The van der Waals surface area contributed by atoms with E-state index in [9.17, 15) is 4.79 Å². The van der Waals surface area contributed by atoms with Crippen molar-refractivity contribution in [1.82, 2.24) is 4.98 Å². The first-order chi connectivity index (χ1) is 8.69. The minimum Gasteiger partial charge on any atom is -0.492 e. The Kier molecular flexibility index (Phi) is 4.58. The van der Waals surface area contributed by atoms with Gasteiger partial charge in [-0.05, 0) is 18.2 Å². The molecule has 0 bridgehead atoms. The summed E-state index contributed by atoms with van der Waals surface area (Å²) in [6.07, 6.45) is 1.37. The highest BCUT2D eigenvalue weighted by molar-refractivity contribution is 7.09. The predicted molar refractivity (Wildman–Crippen MR) is 73.2 cm³/mol. The highest BCUT2D eigenvalue weighted by Crippen LogP contribution is 2.27. The lowest BCUT2D eigenvalue weighted by Crippen LogP contribution is -2.01. The van der Waals surface area contributed by atoms with Gasteiger partial charge in [0.1, 0.15) is 11.4 Å². The molecule has 0 amide bonds. The van der Waals surface area contributed by atoms with Crippen molar-refractivity contribution in [1.29, 1.82) is 0 Å². The Balaban J connectivity index is 1.90. The molecule has 1 heterocycles.